The highest BCUT2D eigenvalue weighted by Gasteiger charge is 1.88. The monoisotopic (exact) mass is 139 g/mol. The van der Waals surface area contributed by atoms with Crippen molar-refractivity contribution in [3.63, 3.8) is 0 Å². The summed E-state index contributed by atoms with van der Waals surface area (Å²) in [6.07, 6.45) is -0.824. The lowest BCUT2D eigenvalue weighted by Gasteiger charge is -1.83. The first-order valence-electron chi connectivity index (χ1n) is 1.35. The SMILES string of the molecule is CC(F)[CH]Br. The van der Waals surface area contributed by atoms with E-state index in [9.17, 15) is 4.39 Å². The van der Waals surface area contributed by atoms with E-state index < -0.39 is 6.17 Å². The molecule has 2 heteroatoms. The van der Waals surface area contributed by atoms with Crippen LogP contribution in [0.15, 0.2) is 0 Å². The molecule has 0 nitrogen and oxygen atoms in total. The van der Waals surface area contributed by atoms with E-state index in [-0.39, 0.29) is 0 Å². The molecule has 0 rings (SSSR count). The molecule has 31 valence electrons. The summed E-state index contributed by atoms with van der Waals surface area (Å²) in [5.41, 5.74) is 0. The van der Waals surface area contributed by atoms with E-state index in [1.807, 2.05) is 0 Å². The smallest absolute Gasteiger partial charge is 0.111 e. The predicted molar refractivity (Wildman–Crippen MR) is 23.8 cm³/mol. The maximum Gasteiger partial charge on any atom is 0.111 e. The largest absolute Gasteiger partial charge is 0.247 e. The molecule has 0 aliphatic heterocycles. The van der Waals surface area contributed by atoms with E-state index in [4.69, 9.17) is 0 Å². The van der Waals surface area contributed by atoms with Gasteiger partial charge in [-0.3, -0.25) is 0 Å². The average molecular weight is 140 g/mol. The Morgan fingerprint density at radius 2 is 2.20 bits per heavy atom. The van der Waals surface area contributed by atoms with Crippen molar-refractivity contribution in [2.75, 3.05) is 0 Å². The number of rotatable bonds is 1. The van der Waals surface area contributed by atoms with Crippen molar-refractivity contribution >= 4 is 15.9 Å². The second-order valence-electron chi connectivity index (χ2n) is 0.804. The van der Waals surface area contributed by atoms with Crippen molar-refractivity contribution in [1.82, 2.24) is 0 Å². The van der Waals surface area contributed by atoms with Crippen LogP contribution >= 0.6 is 15.9 Å². The maximum atomic E-state index is 11.3. The van der Waals surface area contributed by atoms with Gasteiger partial charge in [-0.1, -0.05) is 15.9 Å². The van der Waals surface area contributed by atoms with Crippen LogP contribution in [0, 0.1) is 5.33 Å². The first kappa shape index (κ1) is 5.41. The van der Waals surface area contributed by atoms with Gasteiger partial charge in [0.25, 0.3) is 0 Å². The number of halogens is 2. The zero-order valence-electron chi connectivity index (χ0n) is 2.91. The van der Waals surface area contributed by atoms with E-state index in [0.717, 1.165) is 0 Å². The summed E-state index contributed by atoms with van der Waals surface area (Å²) in [6.45, 7) is 1.45. The Kier molecular flexibility index (Phi) is 2.85. The summed E-state index contributed by atoms with van der Waals surface area (Å²) in [5.74, 6) is 0. The van der Waals surface area contributed by atoms with Crippen LogP contribution in [0.25, 0.3) is 0 Å². The third-order valence-corrected chi connectivity index (χ3v) is 0.902. The van der Waals surface area contributed by atoms with Gasteiger partial charge in [0, 0.05) is 0 Å². The van der Waals surface area contributed by atoms with Crippen LogP contribution in [0.4, 0.5) is 4.39 Å². The summed E-state index contributed by atoms with van der Waals surface area (Å²) in [4.78, 5) is 0. The van der Waals surface area contributed by atoms with Crippen molar-refractivity contribution in [2.24, 2.45) is 0 Å². The maximum absolute atomic E-state index is 11.3. The molecular weight excluding hydrogens is 135 g/mol. The van der Waals surface area contributed by atoms with Gasteiger partial charge in [-0.2, -0.15) is 0 Å². The molecule has 0 aromatic carbocycles. The molecule has 0 aliphatic carbocycles. The van der Waals surface area contributed by atoms with Crippen molar-refractivity contribution in [2.45, 2.75) is 13.1 Å². The fourth-order valence-electron chi connectivity index (χ4n) is 0. The lowest BCUT2D eigenvalue weighted by Crippen LogP contribution is -1.82. The van der Waals surface area contributed by atoms with Crippen LogP contribution in [-0.2, 0) is 0 Å². The summed E-state index contributed by atoms with van der Waals surface area (Å²) in [5, 5.41) is 1.31. The molecule has 0 aromatic heterocycles. The van der Waals surface area contributed by atoms with Gasteiger partial charge in [0.2, 0.25) is 0 Å². The zero-order valence-corrected chi connectivity index (χ0v) is 4.50. The highest BCUT2D eigenvalue weighted by molar-refractivity contribution is 9.10. The number of alkyl halides is 1. The fourth-order valence-corrected chi connectivity index (χ4v) is 0. The molecule has 0 aliphatic rings. The molecule has 0 spiro atoms. The van der Waals surface area contributed by atoms with Gasteiger partial charge >= 0.3 is 0 Å². The van der Waals surface area contributed by atoms with E-state index in [1.165, 1.54) is 12.3 Å². The van der Waals surface area contributed by atoms with Crippen molar-refractivity contribution < 1.29 is 4.39 Å². The lowest BCUT2D eigenvalue weighted by atomic mass is 10.5. The van der Waals surface area contributed by atoms with Crippen LogP contribution in [0.5, 0.6) is 0 Å². The Hall–Kier alpha value is 0.410. The molecule has 0 heterocycles. The van der Waals surface area contributed by atoms with Crippen molar-refractivity contribution in [3.05, 3.63) is 5.33 Å². The Morgan fingerprint density at radius 1 is 2.00 bits per heavy atom. The molecule has 1 atom stereocenters. The van der Waals surface area contributed by atoms with E-state index in [0.29, 0.717) is 0 Å². The van der Waals surface area contributed by atoms with Crippen LogP contribution in [0.1, 0.15) is 6.92 Å². The van der Waals surface area contributed by atoms with Gasteiger partial charge in [0.15, 0.2) is 0 Å². The normalized spacial score (nSPS) is 15.0. The summed E-state index contributed by atoms with van der Waals surface area (Å²) in [7, 11) is 0. The molecule has 1 radical (unpaired) electrons. The van der Waals surface area contributed by atoms with Crippen LogP contribution < -0.4 is 0 Å². The molecular formula is C3H5BrF. The Labute approximate surface area is 39.5 Å². The Balaban J connectivity index is 2.54. The first-order chi connectivity index (χ1) is 2.27. The number of hydrogen-bond donors (Lipinski definition) is 0. The summed E-state index contributed by atoms with van der Waals surface area (Å²) < 4.78 is 11.3. The second-order valence-corrected chi connectivity index (χ2v) is 1.33. The van der Waals surface area contributed by atoms with E-state index >= 15 is 0 Å². The third-order valence-electron chi connectivity index (χ3n) is 0.174. The van der Waals surface area contributed by atoms with Crippen LogP contribution in [0.2, 0.25) is 0 Å². The fraction of sp³-hybridized carbons (Fsp3) is 0.667. The van der Waals surface area contributed by atoms with E-state index in [1.54, 1.807) is 0 Å². The van der Waals surface area contributed by atoms with Crippen LogP contribution in [0.3, 0.4) is 0 Å². The minimum atomic E-state index is -0.824. The molecule has 5 heavy (non-hydrogen) atoms. The van der Waals surface area contributed by atoms with Gasteiger partial charge in [-0.05, 0) is 6.92 Å². The molecule has 0 saturated heterocycles. The molecule has 0 aromatic rings. The van der Waals surface area contributed by atoms with Crippen molar-refractivity contribution in [3.8, 4) is 0 Å². The molecule has 0 fully saturated rings. The van der Waals surface area contributed by atoms with Gasteiger partial charge < -0.3 is 0 Å². The standard InChI is InChI=1S/C3H5BrF/c1-3(5)2-4/h2-3H,1H3. The molecule has 1 unspecified atom stereocenters. The van der Waals surface area contributed by atoms with Crippen LogP contribution in [-0.4, -0.2) is 6.17 Å². The van der Waals surface area contributed by atoms with Gasteiger partial charge in [0.05, 0.1) is 5.33 Å². The van der Waals surface area contributed by atoms with Crippen molar-refractivity contribution in [1.29, 1.82) is 0 Å². The Morgan fingerprint density at radius 3 is 2.20 bits per heavy atom. The molecule has 0 bridgehead atoms. The Bertz CT molecular complexity index is 20.9. The quantitative estimate of drug-likeness (QED) is 0.521. The number of hydrogen-bond acceptors (Lipinski definition) is 0. The highest BCUT2D eigenvalue weighted by atomic mass is 79.9. The summed E-state index contributed by atoms with van der Waals surface area (Å²) in [6, 6.07) is 0. The first-order valence-corrected chi connectivity index (χ1v) is 2.26. The molecule has 0 amide bonds. The third kappa shape index (κ3) is 4.41. The topological polar surface area (TPSA) is 0 Å². The molecule has 0 N–H and O–H groups in total. The minimum Gasteiger partial charge on any atom is -0.247 e. The lowest BCUT2D eigenvalue weighted by molar-refractivity contribution is 0.423. The van der Waals surface area contributed by atoms with Gasteiger partial charge in [-0.15, -0.1) is 0 Å². The second kappa shape index (κ2) is 2.64. The van der Waals surface area contributed by atoms with E-state index in [2.05, 4.69) is 15.9 Å². The van der Waals surface area contributed by atoms with Gasteiger partial charge in [0.1, 0.15) is 6.17 Å². The van der Waals surface area contributed by atoms with Gasteiger partial charge in [-0.25, -0.2) is 4.39 Å². The highest BCUT2D eigenvalue weighted by Crippen LogP contribution is 1.98. The minimum absolute atomic E-state index is 0.824. The zero-order chi connectivity index (χ0) is 4.28. The summed E-state index contributed by atoms with van der Waals surface area (Å²) >= 11 is 2.81. The predicted octanol–water partition coefficient (Wildman–Crippen LogP) is 1.90. The average Bonchev–Trinajstić information content (AvgIpc) is 1.38. The molecule has 0 saturated carbocycles.